The molecule has 0 aliphatic heterocycles. The van der Waals surface area contributed by atoms with Gasteiger partial charge in [0.05, 0.1) is 0 Å². The van der Waals surface area contributed by atoms with Crippen molar-refractivity contribution in [2.24, 2.45) is 11.1 Å². The molecule has 1 aromatic carbocycles. The van der Waals surface area contributed by atoms with Gasteiger partial charge in [-0.25, -0.2) is 0 Å². The molecule has 24 heavy (non-hydrogen) atoms. The molecule has 0 spiro atoms. The van der Waals surface area contributed by atoms with Gasteiger partial charge in [-0.1, -0.05) is 25.3 Å². The van der Waals surface area contributed by atoms with Crippen molar-refractivity contribution in [3.8, 4) is 0 Å². The Morgan fingerprint density at radius 2 is 1.88 bits per heavy atom. The van der Waals surface area contributed by atoms with Crippen molar-refractivity contribution in [1.82, 2.24) is 4.90 Å². The number of benzene rings is 1. The van der Waals surface area contributed by atoms with Gasteiger partial charge in [0, 0.05) is 31.8 Å². The van der Waals surface area contributed by atoms with Crippen LogP contribution in [0.2, 0.25) is 0 Å². The Kier molecular flexibility index (Phi) is 5.99. The molecule has 0 atom stereocenters. The average molecular weight is 331 g/mol. The number of nitrogens with one attached hydrogen (secondary N) is 1. The van der Waals surface area contributed by atoms with Crippen LogP contribution in [-0.2, 0) is 4.79 Å². The number of amides is 2. The van der Waals surface area contributed by atoms with E-state index in [1.54, 1.807) is 26.2 Å². The van der Waals surface area contributed by atoms with Crippen LogP contribution in [0.25, 0.3) is 0 Å². The van der Waals surface area contributed by atoms with Crippen LogP contribution in [0.3, 0.4) is 0 Å². The van der Waals surface area contributed by atoms with Crippen LogP contribution in [0, 0.1) is 12.3 Å². The van der Waals surface area contributed by atoms with Gasteiger partial charge in [-0.15, -0.1) is 0 Å². The summed E-state index contributed by atoms with van der Waals surface area (Å²) >= 11 is 0. The average Bonchev–Trinajstić information content (AvgIpc) is 2.56. The van der Waals surface area contributed by atoms with Gasteiger partial charge in [-0.2, -0.15) is 0 Å². The smallest absolute Gasteiger partial charge is 0.253 e. The molecule has 0 aromatic heterocycles. The largest absolute Gasteiger partial charge is 0.345 e. The molecule has 5 nitrogen and oxygen atoms in total. The number of anilines is 1. The quantitative estimate of drug-likeness (QED) is 0.871. The Labute approximate surface area is 144 Å². The van der Waals surface area contributed by atoms with Crippen LogP contribution in [0.15, 0.2) is 18.2 Å². The molecule has 1 fully saturated rings. The maximum Gasteiger partial charge on any atom is 0.253 e. The Hall–Kier alpha value is -1.88. The lowest BCUT2D eigenvalue weighted by Gasteiger charge is -2.35. The Bertz CT molecular complexity index is 605. The number of hydrogen-bond acceptors (Lipinski definition) is 3. The van der Waals surface area contributed by atoms with Crippen molar-refractivity contribution in [2.75, 3.05) is 26.0 Å². The van der Waals surface area contributed by atoms with Gasteiger partial charge in [0.25, 0.3) is 5.91 Å². The van der Waals surface area contributed by atoms with Crippen molar-refractivity contribution in [3.63, 3.8) is 0 Å². The van der Waals surface area contributed by atoms with Crippen LogP contribution in [-0.4, -0.2) is 37.4 Å². The van der Waals surface area contributed by atoms with Crippen molar-refractivity contribution >= 4 is 17.5 Å². The summed E-state index contributed by atoms with van der Waals surface area (Å²) in [5.41, 5.74) is 8.14. The normalized spacial score (nSPS) is 16.5. The number of nitrogens with zero attached hydrogens (tertiary/aromatic N) is 1. The summed E-state index contributed by atoms with van der Waals surface area (Å²) in [4.78, 5) is 26.2. The molecule has 2 amide bonds. The van der Waals surface area contributed by atoms with E-state index in [9.17, 15) is 9.59 Å². The Morgan fingerprint density at radius 3 is 2.46 bits per heavy atom. The molecular weight excluding hydrogens is 302 g/mol. The monoisotopic (exact) mass is 331 g/mol. The van der Waals surface area contributed by atoms with E-state index >= 15 is 0 Å². The van der Waals surface area contributed by atoms with E-state index in [2.05, 4.69) is 5.32 Å². The zero-order chi connectivity index (χ0) is 17.7. The lowest BCUT2D eigenvalue weighted by atomic mass is 9.71. The maximum absolute atomic E-state index is 12.6. The molecule has 5 heteroatoms. The second-order valence-electron chi connectivity index (χ2n) is 7.22. The van der Waals surface area contributed by atoms with E-state index in [1.165, 1.54) is 11.3 Å². The first-order valence-corrected chi connectivity index (χ1v) is 8.69. The fraction of sp³-hybridized carbons (Fsp3) is 0.579. The van der Waals surface area contributed by atoms with Crippen LogP contribution in [0.5, 0.6) is 0 Å². The van der Waals surface area contributed by atoms with Gasteiger partial charge in [0.1, 0.15) is 0 Å². The number of nitrogens with two attached hydrogens (primary N) is 1. The van der Waals surface area contributed by atoms with E-state index in [1.807, 2.05) is 13.0 Å². The minimum absolute atomic E-state index is 0.0140. The minimum Gasteiger partial charge on any atom is -0.345 e. The first-order chi connectivity index (χ1) is 11.4. The summed E-state index contributed by atoms with van der Waals surface area (Å²) in [6.45, 7) is 2.48. The second kappa shape index (κ2) is 7.79. The highest BCUT2D eigenvalue weighted by Crippen LogP contribution is 2.38. The number of carbonyl (C=O) groups is 2. The summed E-state index contributed by atoms with van der Waals surface area (Å²) in [5, 5.41) is 2.99. The molecule has 1 aromatic rings. The molecule has 0 radical (unpaired) electrons. The summed E-state index contributed by atoms with van der Waals surface area (Å²) in [7, 11) is 3.43. The summed E-state index contributed by atoms with van der Waals surface area (Å²) < 4.78 is 0. The van der Waals surface area contributed by atoms with Crippen LogP contribution in [0.4, 0.5) is 5.69 Å². The summed E-state index contributed by atoms with van der Waals surface area (Å²) in [5.74, 6) is -0.0869. The summed E-state index contributed by atoms with van der Waals surface area (Å²) in [6, 6.07) is 5.41. The van der Waals surface area contributed by atoms with Crippen LogP contribution in [0.1, 0.15) is 54.4 Å². The van der Waals surface area contributed by atoms with Crippen molar-refractivity contribution < 1.29 is 9.59 Å². The molecule has 0 bridgehead atoms. The molecule has 2 rings (SSSR count). The summed E-state index contributed by atoms with van der Waals surface area (Å²) in [6.07, 6.45) is 6.03. The predicted octanol–water partition coefficient (Wildman–Crippen LogP) is 2.93. The van der Waals surface area contributed by atoms with Gasteiger partial charge < -0.3 is 16.0 Å². The molecule has 1 saturated carbocycles. The second-order valence-corrected chi connectivity index (χ2v) is 7.22. The third-order valence-electron chi connectivity index (χ3n) is 5.05. The zero-order valence-electron chi connectivity index (χ0n) is 15.0. The van der Waals surface area contributed by atoms with E-state index < -0.39 is 0 Å². The van der Waals surface area contributed by atoms with E-state index in [0.29, 0.717) is 24.2 Å². The lowest BCUT2D eigenvalue weighted by Crippen LogP contribution is -2.36. The SMILES string of the molecule is Cc1ccc(C(=O)N(C)C)cc1NC(=O)CC1(CN)CCCCC1. The van der Waals surface area contributed by atoms with Gasteiger partial charge >= 0.3 is 0 Å². The minimum atomic E-state index is -0.0730. The van der Waals surface area contributed by atoms with Crippen LogP contribution >= 0.6 is 0 Å². The fourth-order valence-electron chi connectivity index (χ4n) is 3.44. The van der Waals surface area contributed by atoms with Crippen LogP contribution < -0.4 is 11.1 Å². The molecule has 0 saturated heterocycles. The molecule has 1 aliphatic rings. The van der Waals surface area contributed by atoms with E-state index in [4.69, 9.17) is 5.73 Å². The molecule has 1 aliphatic carbocycles. The molecular formula is C19H29N3O2. The van der Waals surface area contributed by atoms with Gasteiger partial charge in [-0.3, -0.25) is 9.59 Å². The van der Waals surface area contributed by atoms with Crippen molar-refractivity contribution in [2.45, 2.75) is 45.4 Å². The Morgan fingerprint density at radius 1 is 1.21 bits per heavy atom. The maximum atomic E-state index is 12.6. The fourth-order valence-corrected chi connectivity index (χ4v) is 3.44. The highest BCUT2D eigenvalue weighted by Gasteiger charge is 2.33. The molecule has 132 valence electrons. The zero-order valence-corrected chi connectivity index (χ0v) is 15.0. The van der Waals surface area contributed by atoms with Gasteiger partial charge in [-0.05, 0) is 49.4 Å². The van der Waals surface area contributed by atoms with Gasteiger partial charge in [0.15, 0.2) is 0 Å². The predicted molar refractivity (Wildman–Crippen MR) is 97.0 cm³/mol. The lowest BCUT2D eigenvalue weighted by molar-refractivity contribution is -0.118. The Balaban J connectivity index is 2.10. The topological polar surface area (TPSA) is 75.4 Å². The third-order valence-corrected chi connectivity index (χ3v) is 5.05. The van der Waals surface area contributed by atoms with Crippen molar-refractivity contribution in [1.29, 1.82) is 0 Å². The number of carbonyl (C=O) groups excluding carboxylic acids is 2. The first-order valence-electron chi connectivity index (χ1n) is 8.69. The molecule has 0 unspecified atom stereocenters. The highest BCUT2D eigenvalue weighted by atomic mass is 16.2. The number of rotatable bonds is 5. The number of aryl methyl sites for hydroxylation is 1. The molecule has 3 N–H and O–H groups in total. The van der Waals surface area contributed by atoms with Gasteiger partial charge in [0.2, 0.25) is 5.91 Å². The first kappa shape index (κ1) is 18.5. The van der Waals surface area contributed by atoms with E-state index in [-0.39, 0.29) is 17.2 Å². The standard InChI is InChI=1S/C19H29N3O2/c1-14-7-8-15(18(24)22(2)3)11-16(14)21-17(23)12-19(13-20)9-5-4-6-10-19/h7-8,11H,4-6,9-10,12-13,20H2,1-3H3,(H,21,23). The highest BCUT2D eigenvalue weighted by molar-refractivity contribution is 5.97. The molecule has 0 heterocycles. The van der Waals surface area contributed by atoms with E-state index in [0.717, 1.165) is 31.2 Å². The van der Waals surface area contributed by atoms with Crippen molar-refractivity contribution in [3.05, 3.63) is 29.3 Å². The number of hydrogen-bond donors (Lipinski definition) is 2. The third kappa shape index (κ3) is 4.35.